The highest BCUT2D eigenvalue weighted by atomic mass is 32.1. The minimum atomic E-state index is -1.05. The van der Waals surface area contributed by atoms with E-state index in [4.69, 9.17) is 5.73 Å². The molecule has 2 aromatic rings. The highest BCUT2D eigenvalue weighted by molar-refractivity contribution is 7.09. The summed E-state index contributed by atoms with van der Waals surface area (Å²) in [6, 6.07) is 0. The lowest BCUT2D eigenvalue weighted by Gasteiger charge is -2.02. The number of aromatic amines is 1. The number of nitro groups is 1. The predicted molar refractivity (Wildman–Crippen MR) is 61.4 cm³/mol. The topological polar surface area (TPSA) is 150 Å². The molecule has 3 N–H and O–H groups in total. The Balaban J connectivity index is 2.49. The summed E-state index contributed by atoms with van der Waals surface area (Å²) in [6.45, 7) is -0.0984. The molecule has 0 aromatic carbocycles. The number of H-pyrrole nitrogens is 1. The third-order valence-electron chi connectivity index (χ3n) is 2.09. The summed E-state index contributed by atoms with van der Waals surface area (Å²) in [4.78, 5) is 34.1. The van der Waals surface area contributed by atoms with E-state index in [0.717, 1.165) is 22.3 Å². The van der Waals surface area contributed by atoms with Gasteiger partial charge in [-0.2, -0.15) is 0 Å². The average Bonchev–Trinajstić information content (AvgIpc) is 2.67. The third kappa shape index (κ3) is 2.10. The van der Waals surface area contributed by atoms with Crippen molar-refractivity contribution >= 4 is 22.2 Å². The van der Waals surface area contributed by atoms with E-state index in [2.05, 4.69) is 9.59 Å². The molecule has 0 radical (unpaired) electrons. The molecule has 0 saturated carbocycles. The Kier molecular flexibility index (Phi) is 2.89. The van der Waals surface area contributed by atoms with Crippen molar-refractivity contribution in [3.05, 3.63) is 42.8 Å². The normalized spacial score (nSPS) is 10.4. The first kappa shape index (κ1) is 11.9. The third-order valence-corrected chi connectivity index (χ3v) is 2.69. The Morgan fingerprint density at radius 3 is 2.83 bits per heavy atom. The van der Waals surface area contributed by atoms with Crippen LogP contribution in [0, 0.1) is 10.1 Å². The standard InChI is InChI=1S/C7H6N6O4S/c8-5-3(10-11-18-5)1-12-2-4(13(16)17)6(14)9-7(12)15/h2H,1,8H2,(H,9,14,15). The Morgan fingerprint density at radius 1 is 1.56 bits per heavy atom. The van der Waals surface area contributed by atoms with Crippen molar-refractivity contribution in [1.29, 1.82) is 0 Å². The van der Waals surface area contributed by atoms with Crippen LogP contribution in [-0.4, -0.2) is 24.1 Å². The molecule has 18 heavy (non-hydrogen) atoms. The summed E-state index contributed by atoms with van der Waals surface area (Å²) in [7, 11) is 0. The molecule has 0 atom stereocenters. The molecule has 0 aliphatic carbocycles. The van der Waals surface area contributed by atoms with Crippen LogP contribution in [0.15, 0.2) is 15.8 Å². The van der Waals surface area contributed by atoms with Crippen molar-refractivity contribution in [3.63, 3.8) is 0 Å². The minimum absolute atomic E-state index is 0.0984. The fourth-order valence-corrected chi connectivity index (χ4v) is 1.67. The van der Waals surface area contributed by atoms with Gasteiger partial charge in [0, 0.05) is 11.5 Å². The number of nitrogen functional groups attached to an aromatic ring is 1. The van der Waals surface area contributed by atoms with Crippen molar-refractivity contribution < 1.29 is 4.92 Å². The number of nitrogens with zero attached hydrogens (tertiary/aromatic N) is 4. The van der Waals surface area contributed by atoms with Gasteiger partial charge in [-0.05, 0) is 0 Å². The smallest absolute Gasteiger partial charge is 0.350 e. The zero-order valence-electron chi connectivity index (χ0n) is 8.69. The molecule has 0 unspecified atom stereocenters. The lowest BCUT2D eigenvalue weighted by molar-refractivity contribution is -0.386. The Morgan fingerprint density at radius 2 is 2.28 bits per heavy atom. The number of anilines is 1. The van der Waals surface area contributed by atoms with Crippen LogP contribution >= 0.6 is 11.5 Å². The van der Waals surface area contributed by atoms with E-state index in [1.54, 1.807) is 0 Å². The summed E-state index contributed by atoms with van der Waals surface area (Å²) in [5, 5.41) is 14.5. The highest BCUT2D eigenvalue weighted by Gasteiger charge is 2.16. The number of hydrogen-bond acceptors (Lipinski definition) is 8. The molecule has 0 bridgehead atoms. The molecule has 0 fully saturated rings. The summed E-state index contributed by atoms with van der Waals surface area (Å²) in [5.74, 6) is 0. The molecule has 0 amide bonds. The molecular weight excluding hydrogens is 264 g/mol. The van der Waals surface area contributed by atoms with Gasteiger partial charge in [0.05, 0.1) is 17.7 Å². The first-order chi connectivity index (χ1) is 8.49. The van der Waals surface area contributed by atoms with Crippen molar-refractivity contribution in [2.75, 3.05) is 5.73 Å². The van der Waals surface area contributed by atoms with E-state index < -0.39 is 21.9 Å². The monoisotopic (exact) mass is 270 g/mol. The van der Waals surface area contributed by atoms with Crippen LogP contribution < -0.4 is 17.0 Å². The van der Waals surface area contributed by atoms with E-state index in [-0.39, 0.29) is 6.54 Å². The van der Waals surface area contributed by atoms with Gasteiger partial charge >= 0.3 is 16.9 Å². The number of rotatable bonds is 3. The van der Waals surface area contributed by atoms with Crippen LogP contribution in [0.3, 0.4) is 0 Å². The van der Waals surface area contributed by atoms with Gasteiger partial charge in [-0.15, -0.1) is 5.10 Å². The van der Waals surface area contributed by atoms with Crippen LogP contribution in [0.2, 0.25) is 0 Å². The van der Waals surface area contributed by atoms with E-state index in [1.165, 1.54) is 0 Å². The molecule has 94 valence electrons. The predicted octanol–water partition coefficient (Wildman–Crippen LogP) is -1.07. The average molecular weight is 270 g/mol. The van der Waals surface area contributed by atoms with E-state index in [1.807, 2.05) is 4.98 Å². The van der Waals surface area contributed by atoms with Gasteiger partial charge in [0.2, 0.25) is 0 Å². The van der Waals surface area contributed by atoms with Crippen molar-refractivity contribution in [2.24, 2.45) is 0 Å². The fourth-order valence-electron chi connectivity index (χ4n) is 1.23. The van der Waals surface area contributed by atoms with Crippen LogP contribution in [0.5, 0.6) is 0 Å². The fraction of sp³-hybridized carbons (Fsp3) is 0.143. The lowest BCUT2D eigenvalue weighted by atomic mass is 10.4. The van der Waals surface area contributed by atoms with E-state index in [9.17, 15) is 19.7 Å². The molecular formula is C7H6N6O4S. The Hall–Kier alpha value is -2.56. The zero-order chi connectivity index (χ0) is 13.3. The second-order valence-electron chi connectivity index (χ2n) is 3.24. The Bertz CT molecular complexity index is 715. The molecule has 0 aliphatic heterocycles. The number of nitrogens with one attached hydrogen (secondary N) is 1. The van der Waals surface area contributed by atoms with Gasteiger partial charge in [-0.25, -0.2) is 4.79 Å². The molecule has 2 aromatic heterocycles. The van der Waals surface area contributed by atoms with Crippen LogP contribution in [-0.2, 0) is 6.54 Å². The molecule has 0 aliphatic rings. The van der Waals surface area contributed by atoms with Gasteiger partial charge in [0.25, 0.3) is 0 Å². The Labute approximate surface area is 102 Å². The van der Waals surface area contributed by atoms with Gasteiger partial charge in [-0.3, -0.25) is 24.5 Å². The van der Waals surface area contributed by atoms with Gasteiger partial charge in [0.15, 0.2) is 0 Å². The summed E-state index contributed by atoms with van der Waals surface area (Å²) < 4.78 is 4.51. The largest absolute Gasteiger partial charge is 0.388 e. The van der Waals surface area contributed by atoms with E-state index in [0.29, 0.717) is 10.7 Å². The quantitative estimate of drug-likeness (QED) is 0.532. The summed E-state index contributed by atoms with van der Waals surface area (Å²) in [5.41, 5.74) is 3.29. The van der Waals surface area contributed by atoms with Gasteiger partial charge in [0.1, 0.15) is 10.7 Å². The van der Waals surface area contributed by atoms with Crippen molar-refractivity contribution in [1.82, 2.24) is 19.1 Å². The number of aromatic nitrogens is 4. The summed E-state index contributed by atoms with van der Waals surface area (Å²) >= 11 is 0.939. The van der Waals surface area contributed by atoms with Crippen molar-refractivity contribution in [2.45, 2.75) is 6.54 Å². The first-order valence-electron chi connectivity index (χ1n) is 4.54. The van der Waals surface area contributed by atoms with Crippen LogP contribution in [0.1, 0.15) is 5.69 Å². The summed E-state index contributed by atoms with van der Waals surface area (Å²) in [6.07, 6.45) is 0.847. The van der Waals surface area contributed by atoms with Gasteiger partial charge < -0.3 is 5.73 Å². The molecule has 11 heteroatoms. The van der Waals surface area contributed by atoms with Crippen LogP contribution in [0.4, 0.5) is 10.7 Å². The second-order valence-corrected chi connectivity index (χ2v) is 4.03. The highest BCUT2D eigenvalue weighted by Crippen LogP contribution is 2.13. The van der Waals surface area contributed by atoms with Crippen LogP contribution in [0.25, 0.3) is 0 Å². The maximum atomic E-state index is 11.5. The second kappa shape index (κ2) is 4.37. The maximum Gasteiger partial charge on any atom is 0.350 e. The molecule has 2 rings (SSSR count). The number of nitrogens with two attached hydrogens (primary N) is 1. The first-order valence-corrected chi connectivity index (χ1v) is 5.31. The van der Waals surface area contributed by atoms with E-state index >= 15 is 0 Å². The molecule has 0 spiro atoms. The minimum Gasteiger partial charge on any atom is -0.388 e. The molecule has 0 saturated heterocycles. The SMILES string of the molecule is Nc1snnc1Cn1cc([N+](=O)[O-])c(=O)[nH]c1=O. The van der Waals surface area contributed by atoms with Crippen molar-refractivity contribution in [3.8, 4) is 0 Å². The number of hydrogen-bond donors (Lipinski definition) is 2. The maximum absolute atomic E-state index is 11.5. The zero-order valence-corrected chi connectivity index (χ0v) is 9.51. The van der Waals surface area contributed by atoms with Gasteiger partial charge in [-0.1, -0.05) is 4.49 Å². The molecule has 10 nitrogen and oxygen atoms in total. The molecule has 2 heterocycles. The lowest BCUT2D eigenvalue weighted by Crippen LogP contribution is -2.31.